The third kappa shape index (κ3) is 7.03. The van der Waals surface area contributed by atoms with Crippen molar-refractivity contribution in [1.29, 1.82) is 0 Å². The van der Waals surface area contributed by atoms with Gasteiger partial charge in [-0.3, -0.25) is 9.55 Å². The SMILES string of the molecule is [2H]c1nc(-c2cc(-c3ccccc3)cc(-c3cccc4c3nc(-c3ccccc3O)n4-c3cc(C)cc(-c4ccccc4)c3)c2)c([2H])c(-c2c([2H])c([2H])c(C(C([2H])([2H])[2H])(C([2H])([2H])[2H])C([2H])([2H])[2H])c([2H])c2[2H])c1[2H]. The Morgan fingerprint density at radius 1 is 0.579 bits per heavy atom. The standard InChI is InChI=1S/C53H43N3O/c1-35-28-40(36-14-7-5-8-15-36)33-45(29-35)56-49-20-13-19-46(51(49)55-52(56)47-18-11-12-21-50(47)57)42-30-41(37-16-9-6-10-17-37)31-43(32-42)48-34-39(26-27-54-48)38-22-24-44(25-23-38)53(2,3)4/h5-34,57H,1-4H3/i2D3,3D3,4D3,22D,23D,24D,25D,26D,27D,34D. The number of pyridine rings is 1. The first kappa shape index (κ1) is 21.9. The van der Waals surface area contributed by atoms with Gasteiger partial charge in [-0.15, -0.1) is 0 Å². The third-order valence-corrected chi connectivity index (χ3v) is 9.72. The molecule has 0 saturated carbocycles. The minimum Gasteiger partial charge on any atom is -0.507 e. The smallest absolute Gasteiger partial charge is 0.149 e. The molecule has 7 aromatic carbocycles. The van der Waals surface area contributed by atoms with Crippen LogP contribution >= 0.6 is 0 Å². The number of imidazole rings is 1. The number of aromatic nitrogens is 3. The van der Waals surface area contributed by atoms with Crippen LogP contribution in [0.15, 0.2) is 182 Å². The number of aryl methyl sites for hydroxylation is 1. The first-order chi connectivity index (χ1) is 34.4. The lowest BCUT2D eigenvalue weighted by atomic mass is 9.86. The molecule has 9 rings (SSSR count). The van der Waals surface area contributed by atoms with Crippen LogP contribution in [0, 0.1) is 6.92 Å². The van der Waals surface area contributed by atoms with Crippen molar-refractivity contribution in [3.63, 3.8) is 0 Å². The number of fused-ring (bicyclic) bond motifs is 1. The highest BCUT2D eigenvalue weighted by molar-refractivity contribution is 5.97. The maximum Gasteiger partial charge on any atom is 0.149 e. The van der Waals surface area contributed by atoms with Crippen molar-refractivity contribution in [3.05, 3.63) is 193 Å². The topological polar surface area (TPSA) is 50.9 Å². The first-order valence-electron chi connectivity index (χ1n) is 26.1. The van der Waals surface area contributed by atoms with Crippen LogP contribution in [-0.4, -0.2) is 19.6 Å². The Balaban J connectivity index is 1.31. The molecule has 0 radical (unpaired) electrons. The molecule has 0 aliphatic rings. The Morgan fingerprint density at radius 3 is 1.95 bits per heavy atom. The van der Waals surface area contributed by atoms with E-state index in [1.807, 2.05) is 102 Å². The third-order valence-electron chi connectivity index (χ3n) is 9.72. The fourth-order valence-electron chi connectivity index (χ4n) is 7.05. The number of benzene rings is 7. The van der Waals surface area contributed by atoms with E-state index in [1.165, 1.54) is 0 Å². The number of hydrogen-bond acceptors (Lipinski definition) is 3. The summed E-state index contributed by atoms with van der Waals surface area (Å²) in [6.07, 6.45) is -0.739. The Labute approximate surface area is 356 Å². The molecule has 276 valence electrons. The summed E-state index contributed by atoms with van der Waals surface area (Å²) in [6.45, 7) is -9.76. The van der Waals surface area contributed by atoms with E-state index in [1.54, 1.807) is 36.4 Å². The van der Waals surface area contributed by atoms with Crippen molar-refractivity contribution in [1.82, 2.24) is 14.5 Å². The normalized spacial score (nSPS) is 16.3. The molecule has 2 aromatic heterocycles. The number of nitrogens with zero attached hydrogens (tertiary/aromatic N) is 3. The molecule has 4 nitrogen and oxygen atoms in total. The molecule has 0 amide bonds. The van der Waals surface area contributed by atoms with Gasteiger partial charge in [0.15, 0.2) is 0 Å². The van der Waals surface area contributed by atoms with Gasteiger partial charge in [0.25, 0.3) is 0 Å². The van der Waals surface area contributed by atoms with E-state index in [0.29, 0.717) is 39.1 Å². The fraction of sp³-hybridized carbons (Fsp3) is 0.0943. The zero-order valence-electron chi connectivity index (χ0n) is 46.6. The molecule has 0 aliphatic carbocycles. The van der Waals surface area contributed by atoms with Crippen molar-refractivity contribution < 1.29 is 27.0 Å². The lowest BCUT2D eigenvalue weighted by molar-refractivity contribution is 0.477. The maximum atomic E-state index is 11.3. The zero-order valence-corrected chi connectivity index (χ0v) is 30.6. The Bertz CT molecular complexity index is 3580. The van der Waals surface area contributed by atoms with Crippen LogP contribution in [0.3, 0.4) is 0 Å². The zero-order chi connectivity index (χ0) is 52.7. The summed E-state index contributed by atoms with van der Waals surface area (Å²) in [6, 6.07) is 36.9. The molecule has 1 N–H and O–H groups in total. The Morgan fingerprint density at radius 2 is 1.23 bits per heavy atom. The van der Waals surface area contributed by atoms with Gasteiger partial charge in [-0.05, 0) is 123 Å². The molecular formula is C53H43N3O. The van der Waals surface area contributed by atoms with E-state index < -0.39 is 85.1 Å². The number of phenolic OH excluding ortho intramolecular Hbond substituents is 1. The minimum atomic E-state index is -3.92. The van der Waals surface area contributed by atoms with Gasteiger partial charge in [-0.1, -0.05) is 136 Å². The van der Waals surface area contributed by atoms with Crippen molar-refractivity contribution in [2.75, 3.05) is 0 Å². The number of aromatic hydroxyl groups is 1. The van der Waals surface area contributed by atoms with Crippen LogP contribution in [0.5, 0.6) is 5.75 Å². The highest BCUT2D eigenvalue weighted by Gasteiger charge is 2.21. The Hall–Kier alpha value is -7.04. The van der Waals surface area contributed by atoms with Crippen molar-refractivity contribution in [3.8, 4) is 78.6 Å². The van der Waals surface area contributed by atoms with E-state index in [0.717, 1.165) is 27.9 Å². The largest absolute Gasteiger partial charge is 0.507 e. The Kier molecular flexibility index (Phi) is 5.59. The molecule has 57 heavy (non-hydrogen) atoms. The molecule has 0 atom stereocenters. The molecule has 0 aliphatic heterocycles. The predicted molar refractivity (Wildman–Crippen MR) is 237 cm³/mol. The predicted octanol–water partition coefficient (Wildman–Crippen LogP) is 13.7. The highest BCUT2D eigenvalue weighted by Crippen LogP contribution is 2.40. The van der Waals surface area contributed by atoms with E-state index in [9.17, 15) is 6.48 Å². The number of phenols is 1. The number of hydrogen-bond donors (Lipinski definition) is 1. The summed E-state index contributed by atoms with van der Waals surface area (Å²) >= 11 is 0. The van der Waals surface area contributed by atoms with Gasteiger partial charge >= 0.3 is 0 Å². The van der Waals surface area contributed by atoms with E-state index in [2.05, 4.69) is 17.1 Å². The van der Waals surface area contributed by atoms with Gasteiger partial charge in [0, 0.05) is 35.3 Å². The number of rotatable bonds is 7. The second kappa shape index (κ2) is 14.6. The van der Waals surface area contributed by atoms with Crippen LogP contribution in [0.4, 0.5) is 0 Å². The van der Waals surface area contributed by atoms with Crippen molar-refractivity contribution in [2.45, 2.75) is 32.9 Å². The van der Waals surface area contributed by atoms with E-state index in [4.69, 9.17) is 25.5 Å². The molecule has 0 spiro atoms. The summed E-state index contributed by atoms with van der Waals surface area (Å²) in [5.41, 5.74) is 1.19. The van der Waals surface area contributed by atoms with E-state index in [-0.39, 0.29) is 17.0 Å². The van der Waals surface area contributed by atoms with Crippen LogP contribution < -0.4 is 0 Å². The van der Waals surface area contributed by atoms with Gasteiger partial charge in [-0.2, -0.15) is 0 Å². The van der Waals surface area contributed by atoms with Gasteiger partial charge in [0.05, 0.1) is 31.9 Å². The van der Waals surface area contributed by atoms with Crippen LogP contribution in [-0.2, 0) is 5.41 Å². The van der Waals surface area contributed by atoms with Crippen molar-refractivity contribution >= 4 is 11.0 Å². The van der Waals surface area contributed by atoms with Gasteiger partial charge in [0.2, 0.25) is 0 Å². The second-order valence-corrected chi connectivity index (χ2v) is 13.7. The summed E-state index contributed by atoms with van der Waals surface area (Å²) in [5, 5.41) is 11.3. The minimum absolute atomic E-state index is 0.00124. The average Bonchev–Trinajstić information content (AvgIpc) is 3.73. The molecule has 9 aromatic rings. The van der Waals surface area contributed by atoms with Crippen LogP contribution in [0.25, 0.3) is 83.9 Å². The summed E-state index contributed by atoms with van der Waals surface area (Å²) in [5.74, 6) is 0.440. The lowest BCUT2D eigenvalue weighted by Crippen LogP contribution is -2.10. The van der Waals surface area contributed by atoms with Gasteiger partial charge < -0.3 is 5.11 Å². The summed E-state index contributed by atoms with van der Waals surface area (Å²) in [4.78, 5) is 9.62. The molecule has 0 saturated heterocycles. The number of para-hydroxylation sites is 2. The monoisotopic (exact) mass is 753 g/mol. The highest BCUT2D eigenvalue weighted by atomic mass is 16.3. The van der Waals surface area contributed by atoms with Crippen LogP contribution in [0.2, 0.25) is 0 Å². The lowest BCUT2D eigenvalue weighted by Gasteiger charge is -2.19. The molecule has 0 unspecified atom stereocenters. The molecule has 0 fully saturated rings. The first-order valence-corrected chi connectivity index (χ1v) is 18.1. The molecule has 0 bridgehead atoms. The summed E-state index contributed by atoms with van der Waals surface area (Å²) in [7, 11) is 0. The summed E-state index contributed by atoms with van der Waals surface area (Å²) < 4.78 is 140. The van der Waals surface area contributed by atoms with E-state index >= 15 is 0 Å². The average molecular weight is 754 g/mol. The molecule has 4 heteroatoms. The molecule has 2 heterocycles. The quantitative estimate of drug-likeness (QED) is 0.176. The maximum absolute atomic E-state index is 11.3. The van der Waals surface area contributed by atoms with Crippen molar-refractivity contribution in [2.24, 2.45) is 0 Å². The van der Waals surface area contributed by atoms with Crippen LogP contribution in [0.1, 0.15) is 53.6 Å². The second-order valence-electron chi connectivity index (χ2n) is 13.7. The van der Waals surface area contributed by atoms with Gasteiger partial charge in [-0.25, -0.2) is 4.98 Å². The fourth-order valence-corrected chi connectivity index (χ4v) is 7.05. The molecular weight excluding hydrogens is 695 g/mol. The van der Waals surface area contributed by atoms with Gasteiger partial charge in [0.1, 0.15) is 11.6 Å².